The number of anilines is 1. The Morgan fingerprint density at radius 2 is 1.47 bits per heavy atom. The molecule has 0 aliphatic rings. The molecule has 2 aromatic carbocycles. The number of rotatable bonds is 5. The van der Waals surface area contributed by atoms with E-state index >= 15 is 0 Å². The Kier molecular flexibility index (Phi) is 4.20. The highest BCUT2D eigenvalue weighted by Gasteiger charge is 1.94. The summed E-state index contributed by atoms with van der Waals surface area (Å²) in [6.45, 7) is 3.17. The lowest BCUT2D eigenvalue weighted by molar-refractivity contribution is 1.01. The summed E-state index contributed by atoms with van der Waals surface area (Å²) in [6, 6.07) is 19.2. The molecule has 0 aromatic heterocycles. The smallest absolute Gasteiger partial charge is 0.0340 e. The summed E-state index contributed by atoms with van der Waals surface area (Å²) in [5.41, 5.74) is 3.99. The summed E-state index contributed by atoms with van der Waals surface area (Å²) in [4.78, 5) is 0. The summed E-state index contributed by atoms with van der Waals surface area (Å²) in [5.74, 6) is 0. The lowest BCUT2D eigenvalue weighted by atomic mass is 10.1. The van der Waals surface area contributed by atoms with Gasteiger partial charge in [0.2, 0.25) is 0 Å². The normalized spacial score (nSPS) is 10.2. The van der Waals surface area contributed by atoms with Gasteiger partial charge in [-0.3, -0.25) is 0 Å². The zero-order valence-electron chi connectivity index (χ0n) is 10.3. The molecule has 0 bridgehead atoms. The maximum atomic E-state index is 3.42. The number of benzene rings is 2. The van der Waals surface area contributed by atoms with Crippen LogP contribution >= 0.6 is 0 Å². The quantitative estimate of drug-likeness (QED) is 0.813. The zero-order valence-corrected chi connectivity index (χ0v) is 10.3. The van der Waals surface area contributed by atoms with Crippen LogP contribution in [0, 0.1) is 0 Å². The Bertz CT molecular complexity index is 431. The molecule has 2 rings (SSSR count). The van der Waals surface area contributed by atoms with Gasteiger partial charge in [0.05, 0.1) is 0 Å². The van der Waals surface area contributed by atoms with Crippen molar-refractivity contribution in [3.8, 4) is 0 Å². The summed E-state index contributed by atoms with van der Waals surface area (Å²) in [6.07, 6.45) is 2.18. The molecule has 0 unspecified atom stereocenters. The molecule has 1 heteroatoms. The molecule has 0 aliphatic carbocycles. The predicted molar refractivity (Wildman–Crippen MR) is 74.5 cm³/mol. The summed E-state index contributed by atoms with van der Waals surface area (Å²) >= 11 is 0. The van der Waals surface area contributed by atoms with E-state index in [1.165, 1.54) is 16.8 Å². The van der Waals surface area contributed by atoms with Crippen molar-refractivity contribution < 1.29 is 0 Å². The highest BCUT2D eigenvalue weighted by molar-refractivity contribution is 5.42. The third-order valence-corrected chi connectivity index (χ3v) is 2.95. The maximum absolute atomic E-state index is 3.42. The molecule has 0 heterocycles. The van der Waals surface area contributed by atoms with Gasteiger partial charge in [0.1, 0.15) is 0 Å². The van der Waals surface area contributed by atoms with E-state index in [1.54, 1.807) is 0 Å². The third kappa shape index (κ3) is 3.63. The van der Waals surface area contributed by atoms with Gasteiger partial charge in [-0.15, -0.1) is 0 Å². The molecule has 0 saturated heterocycles. The molecule has 0 aliphatic heterocycles. The van der Waals surface area contributed by atoms with Crippen molar-refractivity contribution in [2.24, 2.45) is 0 Å². The van der Waals surface area contributed by atoms with Crippen molar-refractivity contribution in [3.05, 3.63) is 65.7 Å². The van der Waals surface area contributed by atoms with Gasteiger partial charge >= 0.3 is 0 Å². The summed E-state index contributed by atoms with van der Waals surface area (Å²) < 4.78 is 0. The Hall–Kier alpha value is -1.76. The average Bonchev–Trinajstić information content (AvgIpc) is 2.41. The Labute approximate surface area is 103 Å². The number of para-hydroxylation sites is 1. The van der Waals surface area contributed by atoms with Gasteiger partial charge in [0.15, 0.2) is 0 Å². The fourth-order valence-electron chi connectivity index (χ4n) is 1.85. The van der Waals surface area contributed by atoms with Crippen LogP contribution in [0.2, 0.25) is 0 Å². The molecule has 0 spiro atoms. The van der Waals surface area contributed by atoms with E-state index in [2.05, 4.69) is 60.8 Å². The van der Waals surface area contributed by atoms with Gasteiger partial charge in [-0.2, -0.15) is 0 Å². The van der Waals surface area contributed by atoms with Crippen LogP contribution in [0.1, 0.15) is 18.1 Å². The highest BCUT2D eigenvalue weighted by atomic mass is 14.9. The predicted octanol–water partition coefficient (Wildman–Crippen LogP) is 3.90. The van der Waals surface area contributed by atoms with Crippen molar-refractivity contribution in [2.75, 3.05) is 11.9 Å². The molecule has 0 atom stereocenters. The molecule has 0 radical (unpaired) electrons. The number of hydrogen-bond acceptors (Lipinski definition) is 1. The van der Waals surface area contributed by atoms with Gasteiger partial charge < -0.3 is 5.32 Å². The molecule has 1 nitrogen and oxygen atoms in total. The van der Waals surface area contributed by atoms with Crippen LogP contribution < -0.4 is 5.32 Å². The van der Waals surface area contributed by atoms with Crippen LogP contribution in [0.4, 0.5) is 5.69 Å². The van der Waals surface area contributed by atoms with Crippen LogP contribution in [0.15, 0.2) is 54.6 Å². The molecule has 88 valence electrons. The fraction of sp³-hybridized carbons (Fsp3) is 0.250. The van der Waals surface area contributed by atoms with Gasteiger partial charge in [0.25, 0.3) is 0 Å². The monoisotopic (exact) mass is 225 g/mol. The third-order valence-electron chi connectivity index (χ3n) is 2.95. The molecule has 1 N–H and O–H groups in total. The minimum atomic E-state index is 0.982. The highest BCUT2D eigenvalue weighted by Crippen LogP contribution is 2.08. The van der Waals surface area contributed by atoms with Crippen molar-refractivity contribution in [1.82, 2.24) is 0 Å². The minimum Gasteiger partial charge on any atom is -0.385 e. The van der Waals surface area contributed by atoms with E-state index < -0.39 is 0 Å². The minimum absolute atomic E-state index is 0.982. The van der Waals surface area contributed by atoms with Crippen LogP contribution in [0.3, 0.4) is 0 Å². The lowest BCUT2D eigenvalue weighted by Crippen LogP contribution is -2.04. The molecular formula is C16H19N. The van der Waals surface area contributed by atoms with Crippen LogP contribution in [0.25, 0.3) is 0 Å². The van der Waals surface area contributed by atoms with Crippen molar-refractivity contribution in [3.63, 3.8) is 0 Å². The van der Waals surface area contributed by atoms with E-state index in [4.69, 9.17) is 0 Å². The van der Waals surface area contributed by atoms with E-state index in [0.29, 0.717) is 0 Å². The molecule has 0 amide bonds. The molecule has 0 fully saturated rings. The second-order valence-electron chi connectivity index (χ2n) is 4.21. The van der Waals surface area contributed by atoms with E-state index in [0.717, 1.165) is 19.4 Å². The fourth-order valence-corrected chi connectivity index (χ4v) is 1.85. The van der Waals surface area contributed by atoms with Crippen molar-refractivity contribution in [2.45, 2.75) is 19.8 Å². The van der Waals surface area contributed by atoms with E-state index in [9.17, 15) is 0 Å². The average molecular weight is 225 g/mol. The largest absolute Gasteiger partial charge is 0.385 e. The Morgan fingerprint density at radius 1 is 0.824 bits per heavy atom. The first-order valence-corrected chi connectivity index (χ1v) is 6.25. The maximum Gasteiger partial charge on any atom is 0.0340 e. The van der Waals surface area contributed by atoms with Crippen molar-refractivity contribution >= 4 is 5.69 Å². The molecular weight excluding hydrogens is 206 g/mol. The van der Waals surface area contributed by atoms with Gasteiger partial charge in [-0.05, 0) is 36.1 Å². The molecule has 2 aromatic rings. The number of aryl methyl sites for hydroxylation is 1. The topological polar surface area (TPSA) is 12.0 Å². The molecule has 0 saturated carbocycles. The first kappa shape index (κ1) is 11.7. The van der Waals surface area contributed by atoms with E-state index in [1.807, 2.05) is 6.07 Å². The Morgan fingerprint density at radius 3 is 2.12 bits per heavy atom. The zero-order chi connectivity index (χ0) is 11.9. The number of hydrogen-bond donors (Lipinski definition) is 1. The second kappa shape index (κ2) is 6.09. The summed E-state index contributed by atoms with van der Waals surface area (Å²) in [5, 5.41) is 3.42. The molecule has 17 heavy (non-hydrogen) atoms. The second-order valence-corrected chi connectivity index (χ2v) is 4.21. The van der Waals surface area contributed by atoms with Crippen LogP contribution in [-0.4, -0.2) is 6.54 Å². The number of nitrogens with one attached hydrogen (secondary N) is 1. The summed E-state index contributed by atoms with van der Waals surface area (Å²) in [7, 11) is 0. The first-order valence-electron chi connectivity index (χ1n) is 6.25. The van der Waals surface area contributed by atoms with Gasteiger partial charge in [0, 0.05) is 12.2 Å². The van der Waals surface area contributed by atoms with Crippen molar-refractivity contribution in [1.29, 1.82) is 0 Å². The lowest BCUT2D eigenvalue weighted by Gasteiger charge is -2.06. The first-order chi connectivity index (χ1) is 8.38. The van der Waals surface area contributed by atoms with Gasteiger partial charge in [-0.25, -0.2) is 0 Å². The Balaban J connectivity index is 1.82. The van der Waals surface area contributed by atoms with E-state index in [-0.39, 0.29) is 0 Å². The van der Waals surface area contributed by atoms with Gasteiger partial charge in [-0.1, -0.05) is 49.4 Å². The van der Waals surface area contributed by atoms with Crippen LogP contribution in [0.5, 0.6) is 0 Å². The SMILES string of the molecule is CCc1ccc(CCNc2ccccc2)cc1. The van der Waals surface area contributed by atoms with Crippen LogP contribution in [-0.2, 0) is 12.8 Å². The standard InChI is InChI=1S/C16H19N/c1-2-14-8-10-15(11-9-14)12-13-17-16-6-4-3-5-7-16/h3-11,17H,2,12-13H2,1H3.